The molecule has 2 nitrogen and oxygen atoms in total. The molecule has 2 radical (unpaired) electrons. The first-order chi connectivity index (χ1) is 9.47. The Morgan fingerprint density at radius 3 is 2.40 bits per heavy atom. The van der Waals surface area contributed by atoms with Crippen LogP contribution in [0.5, 0.6) is 0 Å². The average Bonchev–Trinajstić information content (AvgIpc) is 2.71. The molecule has 0 amide bonds. The molecule has 1 saturated carbocycles. The summed E-state index contributed by atoms with van der Waals surface area (Å²) >= 11 is 1.28. The summed E-state index contributed by atoms with van der Waals surface area (Å²) in [6.07, 6.45) is 0.203. The Morgan fingerprint density at radius 1 is 1.25 bits per heavy atom. The monoisotopic (exact) mass is 390 g/mol. The normalized spacial score (nSPS) is 15.7. The van der Waals surface area contributed by atoms with Gasteiger partial charge in [-0.15, -0.1) is 0 Å². The van der Waals surface area contributed by atoms with E-state index in [9.17, 15) is 13.2 Å². The Bertz CT molecular complexity index is 600. The first kappa shape index (κ1) is 15.7. The summed E-state index contributed by atoms with van der Waals surface area (Å²) in [6.45, 7) is 4.00. The Labute approximate surface area is 129 Å². The van der Waals surface area contributed by atoms with Gasteiger partial charge in [0.15, 0.2) is 0 Å². The molecule has 0 bridgehead atoms. The van der Waals surface area contributed by atoms with E-state index in [4.69, 9.17) is 0 Å². The zero-order valence-corrected chi connectivity index (χ0v) is 14.0. The number of aromatic nitrogens is 2. The van der Waals surface area contributed by atoms with Gasteiger partial charge < -0.3 is 0 Å². The molecule has 6 heteroatoms. The molecule has 108 valence electrons. The maximum atomic E-state index is 13.1. The molecule has 3 rings (SSSR count). The fraction of sp³-hybridized carbons (Fsp3) is 0.500. The first-order valence-electron chi connectivity index (χ1n) is 6.73. The van der Waals surface area contributed by atoms with E-state index in [0.717, 1.165) is 19.3 Å². The summed E-state index contributed by atoms with van der Waals surface area (Å²) in [6, 6.07) is 3.14. The van der Waals surface area contributed by atoms with Gasteiger partial charge in [-0.05, 0) is 0 Å². The number of hydrogen-bond acceptors (Lipinski definition) is 1. The van der Waals surface area contributed by atoms with E-state index in [1.165, 1.54) is 29.1 Å². The van der Waals surface area contributed by atoms with Gasteiger partial charge in [0.25, 0.3) is 0 Å². The summed E-state index contributed by atoms with van der Waals surface area (Å²) < 4.78 is 41.7. The fourth-order valence-corrected chi connectivity index (χ4v) is 3.03. The number of nitrogens with zero attached hydrogens (tertiary/aromatic N) is 2. The van der Waals surface area contributed by atoms with Gasteiger partial charge >= 0.3 is 116 Å². The van der Waals surface area contributed by atoms with E-state index in [-0.39, 0.29) is 11.6 Å². The van der Waals surface area contributed by atoms with Crippen LogP contribution in [0.4, 0.5) is 13.2 Å². The van der Waals surface area contributed by atoms with Gasteiger partial charge in [-0.1, -0.05) is 13.8 Å². The van der Waals surface area contributed by atoms with Crippen molar-refractivity contribution >= 4 is 37.6 Å². The van der Waals surface area contributed by atoms with Gasteiger partial charge in [0.05, 0.1) is 0 Å². The van der Waals surface area contributed by atoms with E-state index in [1.54, 1.807) is 17.0 Å². The Hall–Kier alpha value is -0.702. The van der Waals surface area contributed by atoms with E-state index in [1.807, 2.05) is 13.8 Å². The molecule has 20 heavy (non-hydrogen) atoms. The molecule has 1 aliphatic carbocycles. The van der Waals surface area contributed by atoms with Crippen LogP contribution in [0.15, 0.2) is 18.5 Å². The fourth-order valence-electron chi connectivity index (χ4n) is 2.31. The molecule has 2 aromatic rings. The van der Waals surface area contributed by atoms with Crippen molar-refractivity contribution in [2.75, 3.05) is 0 Å². The SMILES string of the molecule is CC.FC(F)(F)c1c[c]([Sb])cc2ncn(C3CCC3)c12. The number of benzene rings is 1. The van der Waals surface area contributed by atoms with Crippen LogP contribution >= 0.6 is 0 Å². The first-order valence-corrected chi connectivity index (χ1v) is 8.01. The zero-order valence-electron chi connectivity index (χ0n) is 11.4. The third-order valence-electron chi connectivity index (χ3n) is 3.43. The molecule has 0 atom stereocenters. The van der Waals surface area contributed by atoms with Crippen LogP contribution in [0, 0.1) is 0 Å². The molecule has 0 aliphatic heterocycles. The van der Waals surface area contributed by atoms with Crippen molar-refractivity contribution in [3.05, 3.63) is 24.0 Å². The van der Waals surface area contributed by atoms with Crippen molar-refractivity contribution < 1.29 is 13.2 Å². The van der Waals surface area contributed by atoms with E-state index >= 15 is 0 Å². The molecular weight excluding hydrogens is 375 g/mol. The van der Waals surface area contributed by atoms with Crippen molar-refractivity contribution in [2.45, 2.75) is 45.3 Å². The van der Waals surface area contributed by atoms with E-state index in [0.29, 0.717) is 9.03 Å². The quantitative estimate of drug-likeness (QED) is 0.680. The van der Waals surface area contributed by atoms with Gasteiger partial charge in [-0.25, -0.2) is 0 Å². The molecule has 1 fully saturated rings. The second kappa shape index (κ2) is 5.96. The molecule has 0 saturated heterocycles. The van der Waals surface area contributed by atoms with Crippen LogP contribution in [-0.2, 0) is 6.18 Å². The number of halogens is 3. The molecule has 0 N–H and O–H groups in total. The summed E-state index contributed by atoms with van der Waals surface area (Å²) in [4.78, 5) is 4.13. The Morgan fingerprint density at radius 2 is 1.90 bits per heavy atom. The van der Waals surface area contributed by atoms with Gasteiger partial charge in [0.1, 0.15) is 0 Å². The molecule has 1 heterocycles. The van der Waals surface area contributed by atoms with Crippen molar-refractivity contribution in [1.82, 2.24) is 9.55 Å². The predicted molar refractivity (Wildman–Crippen MR) is 74.4 cm³/mol. The van der Waals surface area contributed by atoms with Gasteiger partial charge in [0, 0.05) is 0 Å². The Kier molecular flexibility index (Phi) is 4.68. The second-order valence-corrected chi connectivity index (χ2v) is 6.07. The standard InChI is InChI=1S/C12H10F3N2.C2H6.Sb/c13-12(14,15)9-5-2-6-10-11(9)17(7-16-10)8-3-1-4-8;1-2;/h5-8H,1,3-4H2;1-2H3;. The van der Waals surface area contributed by atoms with Crippen molar-refractivity contribution in [1.29, 1.82) is 0 Å². The number of hydrogen-bond donors (Lipinski definition) is 0. The maximum absolute atomic E-state index is 13.1. The molecule has 1 aromatic heterocycles. The summed E-state index contributed by atoms with van der Waals surface area (Å²) in [5.74, 6) is 0. The third kappa shape index (κ3) is 2.83. The van der Waals surface area contributed by atoms with E-state index in [2.05, 4.69) is 4.98 Å². The summed E-state index contributed by atoms with van der Waals surface area (Å²) in [7, 11) is 0. The van der Waals surface area contributed by atoms with E-state index < -0.39 is 11.7 Å². The topological polar surface area (TPSA) is 17.8 Å². The number of fused-ring (bicyclic) bond motifs is 1. The predicted octanol–water partition coefficient (Wildman–Crippen LogP) is 3.60. The minimum absolute atomic E-state index is 0.184. The second-order valence-electron chi connectivity index (χ2n) is 4.60. The number of imidazole rings is 1. The summed E-state index contributed by atoms with van der Waals surface area (Å²) in [5.41, 5.74) is 0.138. The third-order valence-corrected chi connectivity index (χ3v) is 4.16. The van der Waals surface area contributed by atoms with Gasteiger partial charge in [-0.3, -0.25) is 0 Å². The Balaban J connectivity index is 0.000000704. The van der Waals surface area contributed by atoms with Crippen molar-refractivity contribution in [2.24, 2.45) is 0 Å². The minimum atomic E-state index is -4.32. The van der Waals surface area contributed by atoms with Crippen molar-refractivity contribution in [3.63, 3.8) is 0 Å². The van der Waals surface area contributed by atoms with Crippen LogP contribution in [0.1, 0.15) is 44.7 Å². The van der Waals surface area contributed by atoms with Crippen LogP contribution in [-0.4, -0.2) is 32.6 Å². The zero-order chi connectivity index (χ0) is 14.9. The molecule has 0 unspecified atom stereocenters. The van der Waals surface area contributed by atoms with Gasteiger partial charge in [-0.2, -0.15) is 0 Å². The van der Waals surface area contributed by atoms with Crippen molar-refractivity contribution in [3.8, 4) is 0 Å². The van der Waals surface area contributed by atoms with Crippen LogP contribution in [0.2, 0.25) is 0 Å². The van der Waals surface area contributed by atoms with Crippen LogP contribution in [0.25, 0.3) is 11.0 Å². The average molecular weight is 391 g/mol. The van der Waals surface area contributed by atoms with Crippen LogP contribution < -0.4 is 3.51 Å². The number of alkyl halides is 3. The number of rotatable bonds is 1. The van der Waals surface area contributed by atoms with Gasteiger partial charge in [0.2, 0.25) is 0 Å². The molecule has 1 aromatic carbocycles. The molecule has 0 spiro atoms. The summed E-state index contributed by atoms with van der Waals surface area (Å²) in [5, 5.41) is 0. The molecular formula is C14H16F3N2Sb. The van der Waals surface area contributed by atoms with Crippen LogP contribution in [0.3, 0.4) is 0 Å². The molecule has 1 aliphatic rings.